The van der Waals surface area contributed by atoms with Crippen LogP contribution in [0.5, 0.6) is 0 Å². The Morgan fingerprint density at radius 3 is 2.39 bits per heavy atom. The van der Waals surface area contributed by atoms with E-state index in [4.69, 9.17) is 0 Å². The molecular weight excluding hydrogens is 293 g/mol. The molecule has 0 saturated carbocycles. The molecule has 0 aromatic heterocycles. The Kier molecular flexibility index (Phi) is 6.29. The second-order valence-electron chi connectivity index (χ2n) is 5.57. The summed E-state index contributed by atoms with van der Waals surface area (Å²) in [6, 6.07) is 15.8. The van der Waals surface area contributed by atoms with E-state index in [9.17, 15) is 14.3 Å². The molecule has 2 rings (SSSR count). The van der Waals surface area contributed by atoms with Gasteiger partial charge in [-0.15, -0.1) is 0 Å². The minimum atomic E-state index is -0.274. The molecule has 0 bridgehead atoms. The third-order valence-electron chi connectivity index (χ3n) is 3.99. The second-order valence-corrected chi connectivity index (χ2v) is 5.57. The van der Waals surface area contributed by atoms with Crippen LogP contribution in [0.25, 0.3) is 0 Å². The van der Waals surface area contributed by atoms with Gasteiger partial charge in [0.25, 0.3) is 0 Å². The number of carbonyl (C=O) groups excluding carboxylic acids is 1. The van der Waals surface area contributed by atoms with E-state index in [0.29, 0.717) is 19.3 Å². The summed E-state index contributed by atoms with van der Waals surface area (Å²) in [5, 5.41) is 9.29. The maximum absolute atomic E-state index is 12.9. The molecule has 3 nitrogen and oxygen atoms in total. The van der Waals surface area contributed by atoms with Gasteiger partial charge >= 0.3 is 0 Å². The zero-order valence-corrected chi connectivity index (χ0v) is 13.3. The first kappa shape index (κ1) is 17.2. The minimum Gasteiger partial charge on any atom is -0.396 e. The number of aliphatic hydroxyl groups is 1. The molecule has 122 valence electrons. The van der Waals surface area contributed by atoms with Crippen molar-refractivity contribution >= 4 is 5.91 Å². The first-order valence-electron chi connectivity index (χ1n) is 7.77. The van der Waals surface area contributed by atoms with Gasteiger partial charge in [-0.25, -0.2) is 4.39 Å². The Balaban J connectivity index is 2.00. The van der Waals surface area contributed by atoms with Crippen LogP contribution in [-0.2, 0) is 11.2 Å². The smallest absolute Gasteiger partial charge is 0.223 e. The van der Waals surface area contributed by atoms with Crippen molar-refractivity contribution in [2.75, 3.05) is 13.7 Å². The van der Waals surface area contributed by atoms with Crippen molar-refractivity contribution in [3.63, 3.8) is 0 Å². The molecule has 2 aromatic rings. The largest absolute Gasteiger partial charge is 0.396 e. The number of aryl methyl sites for hydroxylation is 1. The van der Waals surface area contributed by atoms with Gasteiger partial charge in [0.1, 0.15) is 5.82 Å². The highest BCUT2D eigenvalue weighted by Gasteiger charge is 2.20. The zero-order chi connectivity index (χ0) is 16.7. The first-order chi connectivity index (χ1) is 11.1. The summed E-state index contributed by atoms with van der Waals surface area (Å²) in [5.41, 5.74) is 1.95. The van der Waals surface area contributed by atoms with Crippen molar-refractivity contribution in [2.45, 2.75) is 25.3 Å². The predicted octanol–water partition coefficient (Wildman–Crippen LogP) is 3.34. The van der Waals surface area contributed by atoms with Crippen molar-refractivity contribution in [1.29, 1.82) is 0 Å². The number of halogens is 1. The summed E-state index contributed by atoms with van der Waals surface area (Å²) in [6.07, 6.45) is 1.43. The topological polar surface area (TPSA) is 40.5 Å². The van der Waals surface area contributed by atoms with Gasteiger partial charge in [-0.3, -0.25) is 4.79 Å². The van der Waals surface area contributed by atoms with E-state index >= 15 is 0 Å². The van der Waals surface area contributed by atoms with Gasteiger partial charge in [0.2, 0.25) is 5.91 Å². The first-order valence-corrected chi connectivity index (χ1v) is 7.77. The van der Waals surface area contributed by atoms with E-state index in [1.54, 1.807) is 24.1 Å². The SMILES string of the molecule is CN(C(=O)CCc1ccc(F)cc1)C(CCO)c1ccccc1. The quantitative estimate of drug-likeness (QED) is 0.851. The Morgan fingerprint density at radius 2 is 1.78 bits per heavy atom. The number of benzene rings is 2. The van der Waals surface area contributed by atoms with Crippen molar-refractivity contribution < 1.29 is 14.3 Å². The Morgan fingerprint density at radius 1 is 1.13 bits per heavy atom. The van der Waals surface area contributed by atoms with E-state index in [-0.39, 0.29) is 24.4 Å². The van der Waals surface area contributed by atoms with Crippen molar-refractivity contribution in [2.24, 2.45) is 0 Å². The summed E-state index contributed by atoms with van der Waals surface area (Å²) in [6.45, 7) is 0.0230. The lowest BCUT2D eigenvalue weighted by Gasteiger charge is -2.28. The summed E-state index contributed by atoms with van der Waals surface area (Å²) >= 11 is 0. The summed E-state index contributed by atoms with van der Waals surface area (Å²) in [5.74, 6) is -0.263. The molecular formula is C19H22FNO2. The number of amides is 1. The fourth-order valence-electron chi connectivity index (χ4n) is 2.63. The highest BCUT2D eigenvalue weighted by atomic mass is 19.1. The minimum absolute atomic E-state index is 0.0108. The Bertz CT molecular complexity index is 613. The molecule has 0 saturated heterocycles. The molecule has 2 aromatic carbocycles. The van der Waals surface area contributed by atoms with Crippen LogP contribution in [0.1, 0.15) is 30.0 Å². The fourth-order valence-corrected chi connectivity index (χ4v) is 2.63. The molecule has 23 heavy (non-hydrogen) atoms. The normalized spacial score (nSPS) is 12.0. The molecule has 1 atom stereocenters. The molecule has 0 heterocycles. The monoisotopic (exact) mass is 315 g/mol. The number of rotatable bonds is 7. The lowest BCUT2D eigenvalue weighted by molar-refractivity contribution is -0.132. The number of aliphatic hydroxyl groups excluding tert-OH is 1. The summed E-state index contributed by atoms with van der Waals surface area (Å²) < 4.78 is 12.9. The number of hydrogen-bond acceptors (Lipinski definition) is 2. The van der Waals surface area contributed by atoms with Crippen LogP contribution in [0.4, 0.5) is 4.39 Å². The van der Waals surface area contributed by atoms with Gasteiger partial charge in [0.05, 0.1) is 6.04 Å². The van der Waals surface area contributed by atoms with E-state index in [1.165, 1.54) is 12.1 Å². The Labute approximate surface area is 136 Å². The van der Waals surface area contributed by atoms with Gasteiger partial charge in [-0.1, -0.05) is 42.5 Å². The predicted molar refractivity (Wildman–Crippen MR) is 88.4 cm³/mol. The molecule has 4 heteroatoms. The van der Waals surface area contributed by atoms with Crippen LogP contribution in [0, 0.1) is 5.82 Å². The van der Waals surface area contributed by atoms with Crippen LogP contribution < -0.4 is 0 Å². The highest BCUT2D eigenvalue weighted by molar-refractivity contribution is 5.76. The number of nitrogens with zero attached hydrogens (tertiary/aromatic N) is 1. The third kappa shape index (κ3) is 4.89. The van der Waals surface area contributed by atoms with Crippen molar-refractivity contribution in [3.05, 3.63) is 71.5 Å². The van der Waals surface area contributed by atoms with E-state index in [1.807, 2.05) is 30.3 Å². The summed E-state index contributed by atoms with van der Waals surface area (Å²) in [4.78, 5) is 14.1. The molecule has 0 fully saturated rings. The van der Waals surface area contributed by atoms with Crippen molar-refractivity contribution in [3.8, 4) is 0 Å². The van der Waals surface area contributed by atoms with E-state index < -0.39 is 0 Å². The van der Waals surface area contributed by atoms with E-state index in [2.05, 4.69) is 0 Å². The molecule has 0 spiro atoms. The van der Waals surface area contributed by atoms with Crippen LogP contribution in [0.2, 0.25) is 0 Å². The molecule has 0 aliphatic rings. The number of carbonyl (C=O) groups is 1. The third-order valence-corrected chi connectivity index (χ3v) is 3.99. The fraction of sp³-hybridized carbons (Fsp3) is 0.316. The van der Waals surface area contributed by atoms with Crippen LogP contribution in [-0.4, -0.2) is 29.6 Å². The zero-order valence-electron chi connectivity index (χ0n) is 13.3. The van der Waals surface area contributed by atoms with Crippen LogP contribution in [0.3, 0.4) is 0 Å². The van der Waals surface area contributed by atoms with Gasteiger partial charge in [-0.2, -0.15) is 0 Å². The number of hydrogen-bond donors (Lipinski definition) is 1. The standard InChI is InChI=1S/C19H22FNO2/c1-21(18(13-14-22)16-5-3-2-4-6-16)19(23)12-9-15-7-10-17(20)11-8-15/h2-8,10-11,18,22H,9,12-14H2,1H3. The van der Waals surface area contributed by atoms with Gasteiger partial charge in [0.15, 0.2) is 0 Å². The summed E-state index contributed by atoms with van der Waals surface area (Å²) in [7, 11) is 1.76. The molecule has 1 N–H and O–H groups in total. The maximum Gasteiger partial charge on any atom is 0.223 e. The van der Waals surface area contributed by atoms with Crippen molar-refractivity contribution in [1.82, 2.24) is 4.90 Å². The van der Waals surface area contributed by atoms with Gasteiger partial charge in [-0.05, 0) is 36.1 Å². The van der Waals surface area contributed by atoms with Crippen LogP contribution >= 0.6 is 0 Å². The highest BCUT2D eigenvalue weighted by Crippen LogP contribution is 2.23. The van der Waals surface area contributed by atoms with Gasteiger partial charge < -0.3 is 10.0 Å². The molecule has 0 radical (unpaired) electrons. The van der Waals surface area contributed by atoms with Gasteiger partial charge in [0, 0.05) is 20.1 Å². The molecule has 0 aliphatic heterocycles. The average molecular weight is 315 g/mol. The lowest BCUT2D eigenvalue weighted by atomic mass is 10.0. The molecule has 1 unspecified atom stereocenters. The second kappa shape index (κ2) is 8.44. The van der Waals surface area contributed by atoms with Crippen LogP contribution in [0.15, 0.2) is 54.6 Å². The molecule has 0 aliphatic carbocycles. The van der Waals surface area contributed by atoms with E-state index in [0.717, 1.165) is 11.1 Å². The average Bonchev–Trinajstić information content (AvgIpc) is 2.59. The Hall–Kier alpha value is -2.20. The maximum atomic E-state index is 12.9. The lowest BCUT2D eigenvalue weighted by Crippen LogP contribution is -2.32. The molecule has 1 amide bonds.